The van der Waals surface area contributed by atoms with Gasteiger partial charge in [0.25, 0.3) is 10.0 Å². The van der Waals surface area contributed by atoms with Gasteiger partial charge >= 0.3 is 0 Å². The fourth-order valence-electron chi connectivity index (χ4n) is 2.41. The Morgan fingerprint density at radius 3 is 2.58 bits per heavy atom. The maximum atomic E-state index is 12.6. The van der Waals surface area contributed by atoms with Crippen LogP contribution in [0.4, 0.5) is 5.82 Å². The average molecular weight is 342 g/mol. The molecule has 0 atom stereocenters. The predicted molar refractivity (Wildman–Crippen MR) is 97.1 cm³/mol. The summed E-state index contributed by atoms with van der Waals surface area (Å²) >= 11 is 0. The van der Waals surface area contributed by atoms with Crippen LogP contribution in [0.2, 0.25) is 0 Å². The third-order valence-electron chi connectivity index (χ3n) is 3.86. The molecular formula is C16H19BN4O2S. The molecule has 0 aliphatic rings. The molecule has 0 aromatic carbocycles. The minimum atomic E-state index is -3.73. The predicted octanol–water partition coefficient (Wildman–Crippen LogP) is 1.09. The summed E-state index contributed by atoms with van der Waals surface area (Å²) < 4.78 is 29.5. The number of pyridine rings is 2. The van der Waals surface area contributed by atoms with Crippen LogP contribution in [-0.4, -0.2) is 30.9 Å². The lowest BCUT2D eigenvalue weighted by molar-refractivity contribution is 0.589. The first-order valence-corrected chi connectivity index (χ1v) is 9.08. The quantitative estimate of drug-likeness (QED) is 0.723. The molecule has 1 N–H and O–H groups in total. The third kappa shape index (κ3) is 3.01. The normalized spacial score (nSPS) is 12.5. The van der Waals surface area contributed by atoms with Crippen molar-refractivity contribution in [3.63, 3.8) is 0 Å². The summed E-state index contributed by atoms with van der Waals surface area (Å²) in [6.07, 6.45) is 4.58. The van der Waals surface area contributed by atoms with Crippen molar-refractivity contribution in [1.82, 2.24) is 14.6 Å². The van der Waals surface area contributed by atoms with Crippen molar-refractivity contribution < 1.29 is 8.42 Å². The molecule has 124 valence electrons. The topological polar surface area (TPSA) is 76.4 Å². The number of nitrogens with zero attached hydrogens (tertiary/aromatic N) is 3. The van der Waals surface area contributed by atoms with Gasteiger partial charge in [0.15, 0.2) is 0 Å². The highest BCUT2D eigenvalue weighted by Crippen LogP contribution is 2.27. The smallest absolute Gasteiger partial charge is 0.263 e. The number of sulfonamides is 1. The number of anilines is 1. The van der Waals surface area contributed by atoms with Gasteiger partial charge in [-0.15, -0.1) is 0 Å². The van der Waals surface area contributed by atoms with Crippen LogP contribution in [0.3, 0.4) is 0 Å². The molecule has 0 aliphatic heterocycles. The largest absolute Gasteiger partial charge is 0.264 e. The molecular weight excluding hydrogens is 323 g/mol. The van der Waals surface area contributed by atoms with Crippen molar-refractivity contribution in [2.75, 3.05) is 4.72 Å². The average Bonchev–Trinajstić information content (AvgIpc) is 2.89. The summed E-state index contributed by atoms with van der Waals surface area (Å²) in [7, 11) is -1.78. The van der Waals surface area contributed by atoms with E-state index >= 15 is 0 Å². The Labute approximate surface area is 142 Å². The van der Waals surface area contributed by atoms with Crippen LogP contribution in [0.15, 0.2) is 47.8 Å². The second-order valence-electron chi connectivity index (χ2n) is 6.80. The lowest BCUT2D eigenvalue weighted by Crippen LogP contribution is -2.19. The number of hydrogen-bond donors (Lipinski definition) is 1. The van der Waals surface area contributed by atoms with Gasteiger partial charge in [0.05, 0.1) is 5.52 Å². The third-order valence-corrected chi connectivity index (χ3v) is 5.20. The first-order chi connectivity index (χ1) is 11.2. The SMILES string of the molecule is Bc1cnn2c(NS(=O)(=O)c3cccnc3)cc(C(C)(C)C)cc12. The van der Waals surface area contributed by atoms with Crippen molar-refractivity contribution in [2.24, 2.45) is 0 Å². The van der Waals surface area contributed by atoms with Gasteiger partial charge in [-0.25, -0.2) is 12.9 Å². The summed E-state index contributed by atoms with van der Waals surface area (Å²) in [5.74, 6) is 0.411. The van der Waals surface area contributed by atoms with Crippen molar-refractivity contribution in [3.8, 4) is 0 Å². The van der Waals surface area contributed by atoms with E-state index in [0.29, 0.717) is 5.82 Å². The highest BCUT2D eigenvalue weighted by Gasteiger charge is 2.21. The Bertz CT molecular complexity index is 992. The molecule has 0 saturated carbocycles. The molecule has 8 heteroatoms. The van der Waals surface area contributed by atoms with E-state index in [4.69, 9.17) is 0 Å². The minimum absolute atomic E-state index is 0.114. The van der Waals surface area contributed by atoms with Crippen LogP contribution in [0.1, 0.15) is 26.3 Å². The summed E-state index contributed by atoms with van der Waals surface area (Å²) in [4.78, 5) is 3.99. The molecule has 0 spiro atoms. The van der Waals surface area contributed by atoms with E-state index in [-0.39, 0.29) is 10.3 Å². The van der Waals surface area contributed by atoms with Crippen molar-refractivity contribution in [2.45, 2.75) is 31.1 Å². The molecule has 0 amide bonds. The fourth-order valence-corrected chi connectivity index (χ4v) is 3.41. The minimum Gasteiger partial charge on any atom is -0.263 e. The van der Waals surface area contributed by atoms with Gasteiger partial charge in [0, 0.05) is 18.6 Å². The van der Waals surface area contributed by atoms with Crippen LogP contribution in [0, 0.1) is 0 Å². The summed E-state index contributed by atoms with van der Waals surface area (Å²) in [6.45, 7) is 6.26. The molecule has 3 aromatic rings. The van der Waals surface area contributed by atoms with Crippen LogP contribution in [0.25, 0.3) is 5.52 Å². The lowest BCUT2D eigenvalue weighted by atomic mass is 9.86. The highest BCUT2D eigenvalue weighted by atomic mass is 32.2. The summed E-state index contributed by atoms with van der Waals surface area (Å²) in [5, 5.41) is 4.29. The van der Waals surface area contributed by atoms with E-state index in [1.807, 2.05) is 20.0 Å². The van der Waals surface area contributed by atoms with Crippen LogP contribution in [0.5, 0.6) is 0 Å². The zero-order valence-electron chi connectivity index (χ0n) is 14.1. The zero-order chi connectivity index (χ0) is 17.5. The Hall–Kier alpha value is -2.35. The number of nitrogens with one attached hydrogen (secondary N) is 1. The maximum absolute atomic E-state index is 12.6. The molecule has 0 aliphatic carbocycles. The fraction of sp³-hybridized carbons (Fsp3) is 0.250. The Morgan fingerprint density at radius 1 is 1.21 bits per heavy atom. The lowest BCUT2D eigenvalue weighted by Gasteiger charge is -2.21. The first kappa shape index (κ1) is 16.5. The molecule has 0 unspecified atom stereocenters. The van der Waals surface area contributed by atoms with Gasteiger partial charge in [-0.3, -0.25) is 9.71 Å². The molecule has 0 radical (unpaired) electrons. The molecule has 3 aromatic heterocycles. The van der Waals surface area contributed by atoms with E-state index < -0.39 is 10.0 Å². The number of fused-ring (bicyclic) bond motifs is 1. The van der Waals surface area contributed by atoms with E-state index in [2.05, 4.69) is 35.6 Å². The van der Waals surface area contributed by atoms with E-state index in [0.717, 1.165) is 16.5 Å². The zero-order valence-corrected chi connectivity index (χ0v) is 14.9. The molecule has 0 fully saturated rings. The number of hydrogen-bond acceptors (Lipinski definition) is 4. The van der Waals surface area contributed by atoms with Gasteiger partial charge in [-0.05, 0) is 40.7 Å². The second kappa shape index (κ2) is 5.63. The van der Waals surface area contributed by atoms with Crippen molar-refractivity contribution in [1.29, 1.82) is 0 Å². The Morgan fingerprint density at radius 2 is 1.96 bits per heavy atom. The van der Waals surface area contributed by atoms with Gasteiger partial charge in [0.2, 0.25) is 0 Å². The first-order valence-electron chi connectivity index (χ1n) is 7.60. The van der Waals surface area contributed by atoms with Gasteiger partial charge in [0.1, 0.15) is 18.6 Å². The maximum Gasteiger partial charge on any atom is 0.264 e. The molecule has 6 nitrogen and oxygen atoms in total. The van der Waals surface area contributed by atoms with E-state index in [1.165, 1.54) is 18.5 Å². The molecule has 0 saturated heterocycles. The standard InChI is InChI=1S/C16H19BN4O2S/c1-16(2,3)11-7-14-13(17)10-19-21(14)15(8-11)20-24(22,23)12-5-4-6-18-9-12/h4-10,20H,17H2,1-3H3. The molecule has 24 heavy (non-hydrogen) atoms. The monoisotopic (exact) mass is 342 g/mol. The van der Waals surface area contributed by atoms with Gasteiger partial charge in [-0.2, -0.15) is 5.10 Å². The summed E-state index contributed by atoms with van der Waals surface area (Å²) in [5.41, 5.74) is 2.78. The van der Waals surface area contributed by atoms with Gasteiger partial charge < -0.3 is 0 Å². The molecule has 0 bridgehead atoms. The Kier molecular flexibility index (Phi) is 3.87. The molecule has 3 rings (SSSR count). The van der Waals surface area contributed by atoms with Gasteiger partial charge in [-0.1, -0.05) is 20.8 Å². The Balaban J connectivity index is 2.16. The summed E-state index contributed by atoms with van der Waals surface area (Å²) in [6, 6.07) is 6.97. The van der Waals surface area contributed by atoms with Crippen LogP contribution in [-0.2, 0) is 15.4 Å². The number of aromatic nitrogens is 3. The van der Waals surface area contributed by atoms with E-state index in [1.54, 1.807) is 16.8 Å². The van der Waals surface area contributed by atoms with E-state index in [9.17, 15) is 8.42 Å². The number of rotatable bonds is 3. The van der Waals surface area contributed by atoms with Crippen molar-refractivity contribution >= 4 is 34.7 Å². The molecule has 3 heterocycles. The van der Waals surface area contributed by atoms with Crippen LogP contribution >= 0.6 is 0 Å². The highest BCUT2D eigenvalue weighted by molar-refractivity contribution is 7.92. The van der Waals surface area contributed by atoms with Crippen LogP contribution < -0.4 is 10.2 Å². The van der Waals surface area contributed by atoms with Crippen molar-refractivity contribution in [3.05, 3.63) is 48.4 Å². The second-order valence-corrected chi connectivity index (χ2v) is 8.48.